The zero-order chi connectivity index (χ0) is 24.4. The molecule has 0 unspecified atom stereocenters. The van der Waals surface area contributed by atoms with Gasteiger partial charge in [-0.3, -0.25) is 4.79 Å². The number of amides is 1. The summed E-state index contributed by atoms with van der Waals surface area (Å²) < 4.78 is 13.0. The molecule has 1 saturated heterocycles. The SMILES string of the molecule is COc1ccc(N2C[C@@H](c3nc4ccccc4n3C[C@@H](O)COc3ccc(Cl)cc3)CC2=O)cc1. The van der Waals surface area contributed by atoms with Crippen molar-refractivity contribution < 1.29 is 19.4 Å². The van der Waals surface area contributed by atoms with Gasteiger partial charge in [-0.2, -0.15) is 0 Å². The second-order valence-electron chi connectivity index (χ2n) is 8.59. The maximum atomic E-state index is 12.9. The number of hydrogen-bond acceptors (Lipinski definition) is 5. The van der Waals surface area contributed by atoms with Crippen LogP contribution in [0.1, 0.15) is 18.2 Å². The average Bonchev–Trinajstić information content (AvgIpc) is 3.44. The molecule has 2 atom stereocenters. The van der Waals surface area contributed by atoms with Crippen molar-refractivity contribution in [1.29, 1.82) is 0 Å². The number of rotatable bonds is 8. The maximum absolute atomic E-state index is 12.9. The number of carbonyl (C=O) groups excluding carboxylic acids is 1. The molecule has 1 aliphatic heterocycles. The minimum atomic E-state index is -0.767. The van der Waals surface area contributed by atoms with Crippen molar-refractivity contribution in [2.24, 2.45) is 0 Å². The van der Waals surface area contributed by atoms with Crippen LogP contribution < -0.4 is 14.4 Å². The molecule has 4 aromatic rings. The molecule has 1 amide bonds. The van der Waals surface area contributed by atoms with Gasteiger partial charge in [0.25, 0.3) is 0 Å². The van der Waals surface area contributed by atoms with Crippen molar-refractivity contribution >= 4 is 34.2 Å². The van der Waals surface area contributed by atoms with E-state index < -0.39 is 6.10 Å². The Balaban J connectivity index is 1.36. The van der Waals surface area contributed by atoms with Crippen LogP contribution in [0.5, 0.6) is 11.5 Å². The summed E-state index contributed by atoms with van der Waals surface area (Å²) >= 11 is 5.93. The van der Waals surface area contributed by atoms with E-state index >= 15 is 0 Å². The number of methoxy groups -OCH3 is 1. The van der Waals surface area contributed by atoms with Crippen LogP contribution in [0, 0.1) is 0 Å². The number of aromatic nitrogens is 2. The van der Waals surface area contributed by atoms with E-state index in [2.05, 4.69) is 0 Å². The summed E-state index contributed by atoms with van der Waals surface area (Å²) in [6.07, 6.45) is -0.413. The summed E-state index contributed by atoms with van der Waals surface area (Å²) in [7, 11) is 1.62. The van der Waals surface area contributed by atoms with Gasteiger partial charge in [0.15, 0.2) is 0 Å². The molecule has 35 heavy (non-hydrogen) atoms. The lowest BCUT2D eigenvalue weighted by Gasteiger charge is -2.19. The van der Waals surface area contributed by atoms with Crippen molar-refractivity contribution in [3.05, 3.63) is 83.6 Å². The number of aliphatic hydroxyl groups is 1. The Kier molecular flexibility index (Phi) is 6.61. The van der Waals surface area contributed by atoms with E-state index in [1.807, 2.05) is 53.1 Å². The Bertz CT molecular complexity index is 1320. The van der Waals surface area contributed by atoms with E-state index in [0.717, 1.165) is 28.3 Å². The van der Waals surface area contributed by atoms with Crippen LogP contribution in [0.15, 0.2) is 72.8 Å². The van der Waals surface area contributed by atoms with Gasteiger partial charge in [-0.25, -0.2) is 4.98 Å². The lowest BCUT2D eigenvalue weighted by atomic mass is 10.1. The van der Waals surface area contributed by atoms with Gasteiger partial charge < -0.3 is 24.0 Å². The molecule has 0 bridgehead atoms. The van der Waals surface area contributed by atoms with Crippen molar-refractivity contribution in [3.8, 4) is 11.5 Å². The van der Waals surface area contributed by atoms with E-state index in [1.54, 1.807) is 36.3 Å². The number of aliphatic hydroxyl groups excluding tert-OH is 1. The molecule has 0 spiro atoms. The topological polar surface area (TPSA) is 76.8 Å². The van der Waals surface area contributed by atoms with Gasteiger partial charge in [-0.05, 0) is 60.7 Å². The summed E-state index contributed by atoms with van der Waals surface area (Å²) in [5, 5.41) is 11.4. The van der Waals surface area contributed by atoms with Crippen LogP contribution >= 0.6 is 11.6 Å². The van der Waals surface area contributed by atoms with E-state index in [9.17, 15) is 9.90 Å². The summed E-state index contributed by atoms with van der Waals surface area (Å²) in [5.74, 6) is 2.13. The zero-order valence-corrected chi connectivity index (χ0v) is 20.1. The van der Waals surface area contributed by atoms with Crippen LogP contribution in [-0.2, 0) is 11.3 Å². The molecule has 5 rings (SSSR count). The molecule has 1 aliphatic rings. The Labute approximate surface area is 208 Å². The minimum Gasteiger partial charge on any atom is -0.497 e. The molecule has 0 saturated carbocycles. The summed E-state index contributed by atoms with van der Waals surface area (Å²) in [6.45, 7) is 0.942. The first-order valence-electron chi connectivity index (χ1n) is 11.5. The Morgan fingerprint density at radius 3 is 2.51 bits per heavy atom. The first-order valence-corrected chi connectivity index (χ1v) is 11.9. The number of fused-ring (bicyclic) bond motifs is 1. The highest BCUT2D eigenvalue weighted by atomic mass is 35.5. The third-order valence-corrected chi connectivity index (χ3v) is 6.46. The van der Waals surface area contributed by atoms with Crippen LogP contribution in [-0.4, -0.2) is 46.9 Å². The molecular weight excluding hydrogens is 466 g/mol. The molecule has 0 aliphatic carbocycles. The molecular formula is C27H26ClN3O4. The first-order chi connectivity index (χ1) is 17.0. The fourth-order valence-electron chi connectivity index (χ4n) is 4.48. The normalized spacial score (nSPS) is 16.6. The van der Waals surface area contributed by atoms with Crippen molar-refractivity contribution in [1.82, 2.24) is 9.55 Å². The van der Waals surface area contributed by atoms with E-state index in [1.165, 1.54) is 0 Å². The van der Waals surface area contributed by atoms with Crippen LogP contribution in [0.25, 0.3) is 11.0 Å². The monoisotopic (exact) mass is 491 g/mol. The van der Waals surface area contributed by atoms with Crippen LogP contribution in [0.4, 0.5) is 5.69 Å². The van der Waals surface area contributed by atoms with Crippen LogP contribution in [0.3, 0.4) is 0 Å². The van der Waals surface area contributed by atoms with E-state index in [0.29, 0.717) is 30.3 Å². The highest BCUT2D eigenvalue weighted by Crippen LogP contribution is 2.34. The number of halogens is 1. The molecule has 8 heteroatoms. The number of ether oxygens (including phenoxy) is 2. The number of carbonyl (C=O) groups is 1. The van der Waals surface area contributed by atoms with Gasteiger partial charge in [0.1, 0.15) is 30.0 Å². The highest BCUT2D eigenvalue weighted by Gasteiger charge is 2.35. The van der Waals surface area contributed by atoms with Gasteiger partial charge in [0.05, 0.1) is 24.7 Å². The predicted octanol–water partition coefficient (Wildman–Crippen LogP) is 4.66. The van der Waals surface area contributed by atoms with Gasteiger partial charge in [-0.15, -0.1) is 0 Å². The standard InChI is InChI=1S/C27H26ClN3O4/c1-34-22-12-8-20(9-13-22)30-15-18(14-26(30)33)27-29-24-4-2-3-5-25(24)31(27)16-21(32)17-35-23-10-6-19(28)7-11-23/h2-13,18,21,32H,14-17H2,1H3/t18-,21+/m0/s1. The zero-order valence-electron chi connectivity index (χ0n) is 19.3. The van der Waals surface area contributed by atoms with Gasteiger partial charge >= 0.3 is 0 Å². The quantitative estimate of drug-likeness (QED) is 0.388. The molecule has 1 fully saturated rings. The lowest BCUT2D eigenvalue weighted by Crippen LogP contribution is -2.26. The fraction of sp³-hybridized carbons (Fsp3) is 0.259. The highest BCUT2D eigenvalue weighted by molar-refractivity contribution is 6.30. The van der Waals surface area contributed by atoms with Crippen LogP contribution in [0.2, 0.25) is 5.02 Å². The van der Waals surface area contributed by atoms with Crippen molar-refractivity contribution in [2.75, 3.05) is 25.2 Å². The molecule has 2 heterocycles. The molecule has 180 valence electrons. The maximum Gasteiger partial charge on any atom is 0.227 e. The second kappa shape index (κ2) is 9.98. The van der Waals surface area contributed by atoms with E-state index in [4.69, 9.17) is 26.1 Å². The fourth-order valence-corrected chi connectivity index (χ4v) is 4.60. The Morgan fingerprint density at radius 2 is 1.77 bits per heavy atom. The second-order valence-corrected chi connectivity index (χ2v) is 9.03. The number of anilines is 1. The Hall–Kier alpha value is -3.55. The first kappa shape index (κ1) is 23.2. The summed E-state index contributed by atoms with van der Waals surface area (Å²) in [6, 6.07) is 22.3. The number of hydrogen-bond donors (Lipinski definition) is 1. The van der Waals surface area contributed by atoms with Gasteiger partial charge in [-0.1, -0.05) is 23.7 Å². The molecule has 1 aromatic heterocycles. The minimum absolute atomic E-state index is 0.0467. The van der Waals surface area contributed by atoms with Gasteiger partial charge in [0.2, 0.25) is 5.91 Å². The largest absolute Gasteiger partial charge is 0.497 e. The predicted molar refractivity (Wildman–Crippen MR) is 135 cm³/mol. The lowest BCUT2D eigenvalue weighted by molar-refractivity contribution is -0.117. The third-order valence-electron chi connectivity index (χ3n) is 6.21. The average molecular weight is 492 g/mol. The number of nitrogens with zero attached hydrogens (tertiary/aromatic N) is 3. The number of para-hydroxylation sites is 2. The molecule has 1 N–H and O–H groups in total. The van der Waals surface area contributed by atoms with E-state index in [-0.39, 0.29) is 18.4 Å². The number of imidazole rings is 1. The molecule has 3 aromatic carbocycles. The molecule has 7 nitrogen and oxygen atoms in total. The van der Waals surface area contributed by atoms with Gasteiger partial charge in [0, 0.05) is 29.6 Å². The van der Waals surface area contributed by atoms with Crippen molar-refractivity contribution in [2.45, 2.75) is 25.0 Å². The number of benzene rings is 3. The summed E-state index contributed by atoms with van der Waals surface area (Å²) in [4.78, 5) is 19.6. The smallest absolute Gasteiger partial charge is 0.227 e. The molecule has 0 radical (unpaired) electrons. The van der Waals surface area contributed by atoms with Crippen molar-refractivity contribution in [3.63, 3.8) is 0 Å². The summed E-state index contributed by atoms with van der Waals surface area (Å²) in [5.41, 5.74) is 2.59. The third kappa shape index (κ3) is 4.97. The Morgan fingerprint density at radius 1 is 1.06 bits per heavy atom.